The van der Waals surface area contributed by atoms with Crippen LogP contribution < -0.4 is 0 Å². The lowest BCUT2D eigenvalue weighted by Gasteiger charge is -2.27. The maximum atomic E-state index is 13.7. The largest absolute Gasteiger partial charge is 0.444 e. The number of carbonyl (C=O) groups is 1. The Labute approximate surface area is 156 Å². The molecule has 1 aromatic carbocycles. The van der Waals surface area contributed by atoms with Crippen LogP contribution in [0, 0.1) is 5.82 Å². The predicted molar refractivity (Wildman–Crippen MR) is 95.2 cm³/mol. The fraction of sp³-hybridized carbons (Fsp3) is 0.500. The predicted octanol–water partition coefficient (Wildman–Crippen LogP) is 4.57. The highest BCUT2D eigenvalue weighted by atomic mass is 32.2. The Kier molecular flexibility index (Phi) is 5.50. The topological polar surface area (TPSA) is 68.5 Å². The molecule has 26 heavy (non-hydrogen) atoms. The Morgan fingerprint density at radius 3 is 2.88 bits per heavy atom. The molecule has 1 amide bonds. The summed E-state index contributed by atoms with van der Waals surface area (Å²) in [6.45, 7) is 6.10. The van der Waals surface area contributed by atoms with Gasteiger partial charge in [0.05, 0.1) is 0 Å². The van der Waals surface area contributed by atoms with Gasteiger partial charge in [-0.05, 0) is 45.2 Å². The van der Waals surface area contributed by atoms with Gasteiger partial charge in [-0.3, -0.25) is 4.90 Å². The number of ether oxygens (including phenoxy) is 1. The first-order valence-corrected chi connectivity index (χ1v) is 9.51. The molecule has 6 nitrogen and oxygen atoms in total. The van der Waals surface area contributed by atoms with E-state index >= 15 is 0 Å². The van der Waals surface area contributed by atoms with E-state index in [9.17, 15) is 9.18 Å². The summed E-state index contributed by atoms with van der Waals surface area (Å²) >= 11 is 1.27. The molecule has 0 unspecified atom stereocenters. The van der Waals surface area contributed by atoms with Crippen LogP contribution in [0.15, 0.2) is 33.9 Å². The van der Waals surface area contributed by atoms with Gasteiger partial charge < -0.3 is 9.15 Å². The summed E-state index contributed by atoms with van der Waals surface area (Å²) in [6.07, 6.45) is 1.22. The van der Waals surface area contributed by atoms with E-state index in [1.807, 2.05) is 20.8 Å². The van der Waals surface area contributed by atoms with E-state index < -0.39 is 5.60 Å². The second kappa shape index (κ2) is 7.65. The first-order valence-electron chi connectivity index (χ1n) is 8.53. The Hall–Kier alpha value is -2.09. The number of aromatic nitrogens is 2. The van der Waals surface area contributed by atoms with Crippen molar-refractivity contribution in [3.8, 4) is 0 Å². The van der Waals surface area contributed by atoms with Crippen LogP contribution in [0.25, 0.3) is 0 Å². The molecule has 1 fully saturated rings. The molecule has 1 aliphatic rings. The third kappa shape index (κ3) is 4.55. The molecule has 1 aromatic heterocycles. The van der Waals surface area contributed by atoms with Crippen LogP contribution in [0.3, 0.4) is 0 Å². The Morgan fingerprint density at radius 1 is 1.38 bits per heavy atom. The molecule has 0 spiro atoms. The third-order valence-corrected chi connectivity index (χ3v) is 4.76. The van der Waals surface area contributed by atoms with Crippen LogP contribution in [-0.4, -0.2) is 33.3 Å². The van der Waals surface area contributed by atoms with Crippen molar-refractivity contribution in [2.75, 3.05) is 6.54 Å². The SMILES string of the molecule is CC(C)(C)OC(=O)N1CCC[C@@H]1c1nnc(SCc2ccccc2F)o1. The Morgan fingerprint density at radius 2 is 2.15 bits per heavy atom. The van der Waals surface area contributed by atoms with Crippen molar-refractivity contribution in [2.24, 2.45) is 0 Å². The fourth-order valence-corrected chi connectivity index (χ4v) is 3.49. The Balaban J connectivity index is 1.65. The van der Waals surface area contributed by atoms with Crippen molar-refractivity contribution in [3.05, 3.63) is 41.5 Å². The number of nitrogens with zero attached hydrogens (tertiary/aromatic N) is 3. The van der Waals surface area contributed by atoms with E-state index in [0.29, 0.717) is 29.0 Å². The van der Waals surface area contributed by atoms with Gasteiger partial charge >= 0.3 is 6.09 Å². The van der Waals surface area contributed by atoms with E-state index in [4.69, 9.17) is 9.15 Å². The number of carbonyl (C=O) groups excluding carboxylic acids is 1. The minimum Gasteiger partial charge on any atom is -0.444 e. The van der Waals surface area contributed by atoms with Gasteiger partial charge in [0.1, 0.15) is 17.5 Å². The van der Waals surface area contributed by atoms with Crippen molar-refractivity contribution >= 4 is 17.9 Å². The second-order valence-corrected chi connectivity index (χ2v) is 8.04. The molecule has 8 heteroatoms. The average molecular weight is 379 g/mol. The van der Waals surface area contributed by atoms with Crippen LogP contribution >= 0.6 is 11.8 Å². The lowest BCUT2D eigenvalue weighted by Crippen LogP contribution is -2.36. The van der Waals surface area contributed by atoms with E-state index in [1.54, 1.807) is 23.1 Å². The summed E-state index contributed by atoms with van der Waals surface area (Å²) in [6, 6.07) is 6.31. The highest BCUT2D eigenvalue weighted by Crippen LogP contribution is 2.34. The van der Waals surface area contributed by atoms with Gasteiger partial charge in [0.2, 0.25) is 5.89 Å². The van der Waals surface area contributed by atoms with Crippen molar-refractivity contribution in [3.63, 3.8) is 0 Å². The first kappa shape index (κ1) is 18.7. The molecule has 140 valence electrons. The number of likely N-dealkylation sites (tertiary alicyclic amines) is 1. The van der Waals surface area contributed by atoms with Gasteiger partial charge in [-0.25, -0.2) is 9.18 Å². The van der Waals surface area contributed by atoms with Gasteiger partial charge in [-0.1, -0.05) is 30.0 Å². The molecule has 1 saturated heterocycles. The van der Waals surface area contributed by atoms with E-state index in [0.717, 1.165) is 12.8 Å². The summed E-state index contributed by atoms with van der Waals surface area (Å²) in [7, 11) is 0. The molecule has 3 rings (SSSR count). The van der Waals surface area contributed by atoms with Gasteiger partial charge in [0, 0.05) is 12.3 Å². The van der Waals surface area contributed by atoms with Crippen molar-refractivity contribution in [1.82, 2.24) is 15.1 Å². The van der Waals surface area contributed by atoms with Gasteiger partial charge in [-0.2, -0.15) is 0 Å². The number of halogens is 1. The molecule has 0 bridgehead atoms. The molecule has 2 heterocycles. The van der Waals surface area contributed by atoms with E-state index in [-0.39, 0.29) is 18.0 Å². The standard InChI is InChI=1S/C18H22FN3O3S/c1-18(2,3)25-17(23)22-10-6-9-14(22)15-20-21-16(24-15)26-11-12-7-4-5-8-13(12)19/h4-5,7-8,14H,6,9-11H2,1-3H3/t14-/m1/s1. The Bertz CT molecular complexity index is 775. The quantitative estimate of drug-likeness (QED) is 0.725. The van der Waals surface area contributed by atoms with E-state index in [1.165, 1.54) is 17.8 Å². The number of rotatable bonds is 4. The highest BCUT2D eigenvalue weighted by Gasteiger charge is 2.36. The smallest absolute Gasteiger partial charge is 0.410 e. The molecule has 2 aromatic rings. The zero-order chi connectivity index (χ0) is 18.7. The summed E-state index contributed by atoms with van der Waals surface area (Å²) in [5.74, 6) is 0.533. The fourth-order valence-electron chi connectivity index (χ4n) is 2.73. The van der Waals surface area contributed by atoms with Crippen LogP contribution in [0.4, 0.5) is 9.18 Å². The average Bonchev–Trinajstić information content (AvgIpc) is 3.21. The molecular formula is C18H22FN3O3S. The second-order valence-electron chi connectivity index (χ2n) is 7.12. The van der Waals surface area contributed by atoms with E-state index in [2.05, 4.69) is 10.2 Å². The summed E-state index contributed by atoms with van der Waals surface area (Å²) in [5.41, 5.74) is 0.0216. The van der Waals surface area contributed by atoms with Crippen molar-refractivity contribution in [1.29, 1.82) is 0 Å². The van der Waals surface area contributed by atoms with Gasteiger partial charge in [0.25, 0.3) is 5.22 Å². The van der Waals surface area contributed by atoms with Crippen LogP contribution in [0.5, 0.6) is 0 Å². The summed E-state index contributed by atoms with van der Waals surface area (Å²) < 4.78 is 24.8. The molecule has 0 saturated carbocycles. The molecule has 0 N–H and O–H groups in total. The zero-order valence-corrected chi connectivity index (χ0v) is 15.9. The van der Waals surface area contributed by atoms with Crippen molar-refractivity contribution in [2.45, 2.75) is 56.2 Å². The zero-order valence-electron chi connectivity index (χ0n) is 15.1. The number of hydrogen-bond acceptors (Lipinski definition) is 6. The molecule has 1 atom stereocenters. The summed E-state index contributed by atoms with van der Waals surface area (Å²) in [5, 5.41) is 8.46. The highest BCUT2D eigenvalue weighted by molar-refractivity contribution is 7.98. The molecule has 0 aliphatic carbocycles. The number of hydrogen-bond donors (Lipinski definition) is 0. The van der Waals surface area contributed by atoms with Crippen LogP contribution in [0.1, 0.15) is 51.1 Å². The third-order valence-electron chi connectivity index (χ3n) is 3.90. The minimum atomic E-state index is -0.556. The normalized spacial score (nSPS) is 17.5. The van der Waals surface area contributed by atoms with Crippen LogP contribution in [-0.2, 0) is 10.5 Å². The summed E-state index contributed by atoms with van der Waals surface area (Å²) in [4.78, 5) is 14.0. The minimum absolute atomic E-state index is 0.258. The maximum Gasteiger partial charge on any atom is 0.410 e. The molecule has 1 aliphatic heterocycles. The number of amides is 1. The maximum absolute atomic E-state index is 13.7. The molecular weight excluding hydrogens is 357 g/mol. The lowest BCUT2D eigenvalue weighted by atomic mass is 10.2. The van der Waals surface area contributed by atoms with Gasteiger partial charge in [-0.15, -0.1) is 10.2 Å². The van der Waals surface area contributed by atoms with Crippen molar-refractivity contribution < 1.29 is 18.3 Å². The monoisotopic (exact) mass is 379 g/mol. The van der Waals surface area contributed by atoms with Crippen LogP contribution in [0.2, 0.25) is 0 Å². The lowest BCUT2D eigenvalue weighted by molar-refractivity contribution is 0.0201. The number of thioether (sulfide) groups is 1. The van der Waals surface area contributed by atoms with Gasteiger partial charge in [0.15, 0.2) is 0 Å². The molecule has 0 radical (unpaired) electrons. The first-order chi connectivity index (χ1) is 12.3. The number of benzene rings is 1.